The lowest BCUT2D eigenvalue weighted by molar-refractivity contribution is -0.128. The third kappa shape index (κ3) is 3.08. The highest BCUT2D eigenvalue weighted by Gasteiger charge is 2.32. The van der Waals surface area contributed by atoms with Crippen LogP contribution in [0, 0.1) is 0 Å². The van der Waals surface area contributed by atoms with Gasteiger partial charge in [-0.3, -0.25) is 14.5 Å². The fourth-order valence-corrected chi connectivity index (χ4v) is 2.01. The molecule has 0 saturated heterocycles. The van der Waals surface area contributed by atoms with E-state index in [1.165, 1.54) is 4.90 Å². The standard InChI is InChI=1S/C14H18N2O4/c1-10-14(18)16(9-13(17)15-7-8-19-2)11-5-3-4-6-12(11)20-10/h3-6,10H,7-9H2,1-2H3,(H,15,17). The number of hydrogen-bond acceptors (Lipinski definition) is 4. The minimum atomic E-state index is -0.586. The van der Waals surface area contributed by atoms with Crippen LogP contribution < -0.4 is 15.0 Å². The number of ether oxygens (including phenoxy) is 2. The lowest BCUT2D eigenvalue weighted by Gasteiger charge is -2.32. The van der Waals surface area contributed by atoms with E-state index in [2.05, 4.69) is 5.32 Å². The zero-order valence-corrected chi connectivity index (χ0v) is 11.6. The average molecular weight is 278 g/mol. The van der Waals surface area contributed by atoms with Crippen molar-refractivity contribution in [2.75, 3.05) is 31.7 Å². The number of fused-ring (bicyclic) bond motifs is 1. The summed E-state index contributed by atoms with van der Waals surface area (Å²) in [6.07, 6.45) is -0.586. The minimum Gasteiger partial charge on any atom is -0.479 e. The Hall–Kier alpha value is -2.08. The molecule has 1 aromatic rings. The molecule has 1 aliphatic rings. The van der Waals surface area contributed by atoms with E-state index < -0.39 is 6.10 Å². The number of amides is 2. The summed E-state index contributed by atoms with van der Waals surface area (Å²) in [6, 6.07) is 7.19. The molecule has 1 heterocycles. The maximum Gasteiger partial charge on any atom is 0.268 e. The highest BCUT2D eigenvalue weighted by molar-refractivity contribution is 6.03. The predicted octanol–water partition coefficient (Wildman–Crippen LogP) is 0.563. The number of nitrogens with zero attached hydrogens (tertiary/aromatic N) is 1. The Morgan fingerprint density at radius 3 is 2.95 bits per heavy atom. The lowest BCUT2D eigenvalue weighted by Crippen LogP contribution is -2.49. The Morgan fingerprint density at radius 1 is 1.45 bits per heavy atom. The Morgan fingerprint density at radius 2 is 2.20 bits per heavy atom. The molecule has 1 atom stereocenters. The van der Waals surface area contributed by atoms with Crippen LogP contribution in [0.25, 0.3) is 0 Å². The van der Waals surface area contributed by atoms with Crippen LogP contribution in [0.2, 0.25) is 0 Å². The van der Waals surface area contributed by atoms with E-state index in [9.17, 15) is 9.59 Å². The van der Waals surface area contributed by atoms with Crippen molar-refractivity contribution in [3.05, 3.63) is 24.3 Å². The zero-order valence-electron chi connectivity index (χ0n) is 11.6. The van der Waals surface area contributed by atoms with Crippen LogP contribution in [-0.2, 0) is 14.3 Å². The van der Waals surface area contributed by atoms with E-state index in [0.717, 1.165) is 0 Å². The number of carbonyl (C=O) groups is 2. The minimum absolute atomic E-state index is 0.0206. The van der Waals surface area contributed by atoms with Crippen molar-refractivity contribution in [3.63, 3.8) is 0 Å². The quantitative estimate of drug-likeness (QED) is 0.799. The molecule has 0 aliphatic carbocycles. The molecule has 6 heteroatoms. The SMILES string of the molecule is COCCNC(=O)CN1C(=O)C(C)Oc2ccccc21. The molecular formula is C14H18N2O4. The van der Waals surface area contributed by atoms with Gasteiger partial charge in [0.25, 0.3) is 5.91 Å². The van der Waals surface area contributed by atoms with Gasteiger partial charge in [0.2, 0.25) is 5.91 Å². The molecule has 0 fully saturated rings. The van der Waals surface area contributed by atoms with Gasteiger partial charge in [0.15, 0.2) is 6.10 Å². The topological polar surface area (TPSA) is 67.9 Å². The second-order valence-electron chi connectivity index (χ2n) is 4.49. The molecular weight excluding hydrogens is 260 g/mol. The summed E-state index contributed by atoms with van der Waals surface area (Å²) < 4.78 is 10.4. The monoisotopic (exact) mass is 278 g/mol. The number of carbonyl (C=O) groups excluding carboxylic acids is 2. The van der Waals surface area contributed by atoms with Gasteiger partial charge < -0.3 is 14.8 Å². The normalized spacial score (nSPS) is 17.4. The van der Waals surface area contributed by atoms with Crippen molar-refractivity contribution in [2.45, 2.75) is 13.0 Å². The van der Waals surface area contributed by atoms with Gasteiger partial charge in [0, 0.05) is 13.7 Å². The Balaban J connectivity index is 2.09. The van der Waals surface area contributed by atoms with Crippen molar-refractivity contribution in [1.82, 2.24) is 5.32 Å². The highest BCUT2D eigenvalue weighted by Crippen LogP contribution is 2.33. The van der Waals surface area contributed by atoms with E-state index in [1.807, 2.05) is 6.07 Å². The fourth-order valence-electron chi connectivity index (χ4n) is 2.01. The number of hydrogen-bond donors (Lipinski definition) is 1. The van der Waals surface area contributed by atoms with E-state index in [0.29, 0.717) is 24.6 Å². The molecule has 2 rings (SSSR count). The van der Waals surface area contributed by atoms with E-state index in [4.69, 9.17) is 9.47 Å². The number of benzene rings is 1. The molecule has 2 amide bonds. The van der Waals surface area contributed by atoms with Crippen LogP contribution in [0.15, 0.2) is 24.3 Å². The average Bonchev–Trinajstić information content (AvgIpc) is 2.44. The summed E-state index contributed by atoms with van der Waals surface area (Å²) in [4.78, 5) is 25.4. The Bertz CT molecular complexity index is 504. The molecule has 1 aliphatic heterocycles. The molecule has 0 spiro atoms. The summed E-state index contributed by atoms with van der Waals surface area (Å²) in [5.41, 5.74) is 0.623. The highest BCUT2D eigenvalue weighted by atomic mass is 16.5. The molecule has 1 N–H and O–H groups in total. The molecule has 0 saturated carbocycles. The van der Waals surface area contributed by atoms with Gasteiger partial charge in [-0.05, 0) is 19.1 Å². The van der Waals surface area contributed by atoms with Crippen molar-refractivity contribution in [3.8, 4) is 5.75 Å². The van der Waals surface area contributed by atoms with Crippen LogP contribution in [0.1, 0.15) is 6.92 Å². The first kappa shape index (κ1) is 14.3. The first-order valence-electron chi connectivity index (χ1n) is 6.46. The molecule has 0 radical (unpaired) electrons. The van der Waals surface area contributed by atoms with Gasteiger partial charge in [0.05, 0.1) is 12.3 Å². The van der Waals surface area contributed by atoms with Crippen LogP contribution >= 0.6 is 0 Å². The smallest absolute Gasteiger partial charge is 0.268 e. The van der Waals surface area contributed by atoms with E-state index >= 15 is 0 Å². The third-order valence-electron chi connectivity index (χ3n) is 3.00. The van der Waals surface area contributed by atoms with E-state index in [-0.39, 0.29) is 18.4 Å². The molecule has 20 heavy (non-hydrogen) atoms. The van der Waals surface area contributed by atoms with Gasteiger partial charge in [-0.15, -0.1) is 0 Å². The summed E-state index contributed by atoms with van der Waals surface area (Å²) in [5.74, 6) is 0.175. The predicted molar refractivity (Wildman–Crippen MR) is 73.8 cm³/mol. The molecule has 1 aromatic carbocycles. The van der Waals surface area contributed by atoms with Crippen LogP contribution in [0.3, 0.4) is 0 Å². The van der Waals surface area contributed by atoms with Crippen molar-refractivity contribution in [2.24, 2.45) is 0 Å². The molecule has 0 bridgehead atoms. The first-order chi connectivity index (χ1) is 9.63. The number of nitrogens with one attached hydrogen (secondary N) is 1. The lowest BCUT2D eigenvalue weighted by atomic mass is 10.2. The molecule has 1 unspecified atom stereocenters. The van der Waals surface area contributed by atoms with Crippen molar-refractivity contribution < 1.29 is 19.1 Å². The second kappa shape index (κ2) is 6.38. The summed E-state index contributed by atoms with van der Waals surface area (Å²) >= 11 is 0. The second-order valence-corrected chi connectivity index (χ2v) is 4.49. The van der Waals surface area contributed by atoms with Gasteiger partial charge >= 0.3 is 0 Å². The maximum absolute atomic E-state index is 12.1. The fraction of sp³-hybridized carbons (Fsp3) is 0.429. The largest absolute Gasteiger partial charge is 0.479 e. The number of methoxy groups -OCH3 is 1. The zero-order chi connectivity index (χ0) is 14.5. The Labute approximate surface area is 117 Å². The summed E-state index contributed by atoms with van der Waals surface area (Å²) in [7, 11) is 1.57. The summed E-state index contributed by atoms with van der Waals surface area (Å²) in [6.45, 7) is 2.52. The van der Waals surface area contributed by atoms with Gasteiger partial charge in [0.1, 0.15) is 12.3 Å². The van der Waals surface area contributed by atoms with Gasteiger partial charge in [-0.25, -0.2) is 0 Å². The van der Waals surface area contributed by atoms with Crippen molar-refractivity contribution in [1.29, 1.82) is 0 Å². The van der Waals surface area contributed by atoms with Gasteiger partial charge in [-0.2, -0.15) is 0 Å². The van der Waals surface area contributed by atoms with Crippen LogP contribution in [-0.4, -0.2) is 44.7 Å². The summed E-state index contributed by atoms with van der Waals surface area (Å²) in [5, 5.41) is 2.70. The molecule has 6 nitrogen and oxygen atoms in total. The van der Waals surface area contributed by atoms with Crippen LogP contribution in [0.5, 0.6) is 5.75 Å². The maximum atomic E-state index is 12.1. The van der Waals surface area contributed by atoms with Crippen molar-refractivity contribution >= 4 is 17.5 Å². The number of para-hydroxylation sites is 2. The molecule has 108 valence electrons. The number of anilines is 1. The van der Waals surface area contributed by atoms with E-state index in [1.54, 1.807) is 32.2 Å². The van der Waals surface area contributed by atoms with Crippen LogP contribution in [0.4, 0.5) is 5.69 Å². The first-order valence-corrected chi connectivity index (χ1v) is 6.46. The Kier molecular flexibility index (Phi) is 4.57. The number of rotatable bonds is 5. The molecule has 0 aromatic heterocycles. The van der Waals surface area contributed by atoms with Gasteiger partial charge in [-0.1, -0.05) is 12.1 Å². The third-order valence-corrected chi connectivity index (χ3v) is 3.00.